The van der Waals surface area contributed by atoms with Gasteiger partial charge in [-0.1, -0.05) is 12.1 Å². The Morgan fingerprint density at radius 3 is 2.36 bits per heavy atom. The normalized spacial score (nSPS) is 11.9. The second-order valence-corrected chi connectivity index (χ2v) is 6.19. The topological polar surface area (TPSA) is 89.8 Å². The highest BCUT2D eigenvalue weighted by atomic mass is 16.3. The molecule has 0 aliphatic rings. The van der Waals surface area contributed by atoms with Gasteiger partial charge in [0.15, 0.2) is 0 Å². The van der Waals surface area contributed by atoms with Crippen LogP contribution in [-0.2, 0) is 0 Å². The van der Waals surface area contributed by atoms with E-state index < -0.39 is 6.10 Å². The number of aryl methyl sites for hydroxylation is 1. The molecule has 1 aromatic carbocycles. The molecule has 0 saturated carbocycles. The molecule has 0 unspecified atom stereocenters. The van der Waals surface area contributed by atoms with E-state index >= 15 is 0 Å². The summed E-state index contributed by atoms with van der Waals surface area (Å²) in [5.41, 5.74) is 3.06. The number of carbonyl (C=O) groups excluding carboxylic acids is 1. The maximum Gasteiger partial charge on any atom is 0.253 e. The minimum absolute atomic E-state index is 0.0778. The number of benzene rings is 1. The van der Waals surface area contributed by atoms with Gasteiger partial charge in [0.1, 0.15) is 0 Å². The molecule has 0 radical (unpaired) electrons. The molecular weight excluding hydrogens is 320 g/mol. The largest absolute Gasteiger partial charge is 0.394 e. The predicted molar refractivity (Wildman–Crippen MR) is 96.6 cm³/mol. The quantitative estimate of drug-likeness (QED) is 0.811. The minimum Gasteiger partial charge on any atom is -0.394 e. The summed E-state index contributed by atoms with van der Waals surface area (Å²) in [5, 5.41) is 18.3. The Balaban J connectivity index is 2.21. The van der Waals surface area contributed by atoms with Crippen molar-refractivity contribution in [2.45, 2.75) is 13.0 Å². The van der Waals surface area contributed by atoms with Gasteiger partial charge in [0.05, 0.1) is 18.4 Å². The number of hydrogen-bond donors (Lipinski definition) is 2. The number of amides is 1. The van der Waals surface area contributed by atoms with Crippen molar-refractivity contribution >= 4 is 11.9 Å². The summed E-state index contributed by atoms with van der Waals surface area (Å²) in [6, 6.07) is 9.03. The van der Waals surface area contributed by atoms with Gasteiger partial charge in [-0.3, -0.25) is 4.79 Å². The minimum atomic E-state index is -0.943. The number of aliphatic hydroxyl groups excluding tert-OH is 2. The van der Waals surface area contributed by atoms with Crippen LogP contribution in [0.2, 0.25) is 0 Å². The van der Waals surface area contributed by atoms with Crippen molar-refractivity contribution in [1.82, 2.24) is 14.9 Å². The van der Waals surface area contributed by atoms with Gasteiger partial charge in [-0.15, -0.1) is 0 Å². The molecule has 7 heteroatoms. The van der Waals surface area contributed by atoms with Crippen molar-refractivity contribution < 1.29 is 15.0 Å². The summed E-state index contributed by atoms with van der Waals surface area (Å²) in [7, 11) is 5.36. The number of likely N-dealkylation sites (N-methyl/N-ethyl adjacent to an activating group) is 1. The van der Waals surface area contributed by atoms with Gasteiger partial charge in [0, 0.05) is 44.5 Å². The Morgan fingerprint density at radius 2 is 1.80 bits per heavy atom. The van der Waals surface area contributed by atoms with Crippen LogP contribution in [0.3, 0.4) is 0 Å². The van der Waals surface area contributed by atoms with Crippen LogP contribution in [0.25, 0.3) is 11.3 Å². The molecule has 0 saturated heterocycles. The fourth-order valence-electron chi connectivity index (χ4n) is 2.36. The zero-order valence-corrected chi connectivity index (χ0v) is 15.0. The van der Waals surface area contributed by atoms with E-state index in [1.54, 1.807) is 19.2 Å². The zero-order valence-electron chi connectivity index (χ0n) is 15.0. The summed E-state index contributed by atoms with van der Waals surface area (Å²) < 4.78 is 0. The van der Waals surface area contributed by atoms with Crippen molar-refractivity contribution in [1.29, 1.82) is 0 Å². The Hall–Kier alpha value is -2.51. The number of aliphatic hydroxyl groups is 2. The second-order valence-electron chi connectivity index (χ2n) is 6.19. The fourth-order valence-corrected chi connectivity index (χ4v) is 2.36. The standard InChI is InChI=1S/C18H24N4O3/c1-12-9-16(20-18(19-12)21(2)3)13-5-7-14(8-6-13)17(25)22(4)10-15(24)11-23/h5-9,15,23-24H,10-11H2,1-4H3/t15-/m1/s1. The summed E-state index contributed by atoms with van der Waals surface area (Å²) in [5.74, 6) is 0.416. The highest BCUT2D eigenvalue weighted by Crippen LogP contribution is 2.21. The maximum absolute atomic E-state index is 12.3. The molecule has 1 heterocycles. The molecule has 0 spiro atoms. The molecule has 1 amide bonds. The van der Waals surface area contributed by atoms with Crippen molar-refractivity contribution in [3.8, 4) is 11.3 Å². The van der Waals surface area contributed by atoms with Crippen LogP contribution >= 0.6 is 0 Å². The van der Waals surface area contributed by atoms with Crippen LogP contribution < -0.4 is 4.90 Å². The van der Waals surface area contributed by atoms with Crippen LogP contribution in [-0.4, -0.2) is 71.4 Å². The number of nitrogens with zero attached hydrogens (tertiary/aromatic N) is 4. The molecule has 2 N–H and O–H groups in total. The van der Waals surface area contributed by atoms with Gasteiger partial charge in [0.25, 0.3) is 5.91 Å². The van der Waals surface area contributed by atoms with E-state index in [-0.39, 0.29) is 19.1 Å². The Kier molecular flexibility index (Phi) is 6.06. The van der Waals surface area contributed by atoms with Gasteiger partial charge in [-0.05, 0) is 25.1 Å². The maximum atomic E-state index is 12.3. The number of rotatable bonds is 6. The molecule has 0 aliphatic heterocycles. The zero-order chi connectivity index (χ0) is 18.6. The van der Waals surface area contributed by atoms with E-state index in [9.17, 15) is 9.90 Å². The molecule has 0 bridgehead atoms. The Labute approximate surface area is 147 Å². The van der Waals surface area contributed by atoms with Crippen molar-refractivity contribution in [3.05, 3.63) is 41.6 Å². The summed E-state index contributed by atoms with van der Waals surface area (Å²) in [4.78, 5) is 24.5. The number of hydrogen-bond acceptors (Lipinski definition) is 6. The SMILES string of the molecule is Cc1cc(-c2ccc(C(=O)N(C)C[C@@H](O)CO)cc2)nc(N(C)C)n1. The molecule has 25 heavy (non-hydrogen) atoms. The highest BCUT2D eigenvalue weighted by Gasteiger charge is 2.15. The molecular formula is C18H24N4O3. The molecule has 0 fully saturated rings. The van der Waals surface area contributed by atoms with Gasteiger partial charge in [-0.2, -0.15) is 0 Å². The van der Waals surface area contributed by atoms with E-state index in [2.05, 4.69) is 9.97 Å². The first-order valence-corrected chi connectivity index (χ1v) is 7.99. The molecule has 0 aliphatic carbocycles. The summed E-state index contributed by atoms with van der Waals surface area (Å²) in [6.45, 7) is 1.61. The lowest BCUT2D eigenvalue weighted by Crippen LogP contribution is -2.35. The first-order valence-electron chi connectivity index (χ1n) is 7.99. The number of aromatic nitrogens is 2. The lowest BCUT2D eigenvalue weighted by molar-refractivity contribution is 0.0520. The van der Waals surface area contributed by atoms with Crippen LogP contribution in [0.1, 0.15) is 16.1 Å². The first kappa shape index (κ1) is 18.8. The van der Waals surface area contributed by atoms with E-state index in [4.69, 9.17) is 5.11 Å². The lowest BCUT2D eigenvalue weighted by Gasteiger charge is -2.20. The van der Waals surface area contributed by atoms with E-state index in [0.717, 1.165) is 17.0 Å². The van der Waals surface area contributed by atoms with Crippen molar-refractivity contribution in [2.24, 2.45) is 0 Å². The summed E-state index contributed by atoms with van der Waals surface area (Å²) in [6.07, 6.45) is -0.943. The molecule has 2 aromatic rings. The molecule has 134 valence electrons. The average molecular weight is 344 g/mol. The van der Waals surface area contributed by atoms with Crippen LogP contribution in [0.5, 0.6) is 0 Å². The Morgan fingerprint density at radius 1 is 1.16 bits per heavy atom. The Bertz CT molecular complexity index is 732. The van der Waals surface area contributed by atoms with Crippen LogP contribution in [0, 0.1) is 6.92 Å². The molecule has 1 aromatic heterocycles. The van der Waals surface area contributed by atoms with Crippen LogP contribution in [0.15, 0.2) is 30.3 Å². The third kappa shape index (κ3) is 4.74. The van der Waals surface area contributed by atoms with E-state index in [0.29, 0.717) is 11.5 Å². The molecule has 2 rings (SSSR count). The predicted octanol–water partition coefficient (Wildman–Crippen LogP) is 0.943. The van der Waals surface area contributed by atoms with Crippen LogP contribution in [0.4, 0.5) is 5.95 Å². The van der Waals surface area contributed by atoms with Gasteiger partial charge in [-0.25, -0.2) is 9.97 Å². The lowest BCUT2D eigenvalue weighted by atomic mass is 10.1. The third-order valence-corrected chi connectivity index (χ3v) is 3.71. The first-order chi connectivity index (χ1) is 11.8. The smallest absolute Gasteiger partial charge is 0.253 e. The van der Waals surface area contributed by atoms with Gasteiger partial charge < -0.3 is 20.0 Å². The number of anilines is 1. The monoisotopic (exact) mass is 344 g/mol. The number of carbonyl (C=O) groups is 1. The van der Waals surface area contributed by atoms with E-state index in [1.807, 2.05) is 44.1 Å². The average Bonchev–Trinajstić information content (AvgIpc) is 2.60. The fraction of sp³-hybridized carbons (Fsp3) is 0.389. The highest BCUT2D eigenvalue weighted by molar-refractivity contribution is 5.94. The second kappa shape index (κ2) is 8.04. The van der Waals surface area contributed by atoms with Gasteiger partial charge in [0.2, 0.25) is 5.95 Å². The molecule has 7 nitrogen and oxygen atoms in total. The van der Waals surface area contributed by atoms with Crippen molar-refractivity contribution in [3.63, 3.8) is 0 Å². The third-order valence-electron chi connectivity index (χ3n) is 3.71. The molecule has 1 atom stereocenters. The van der Waals surface area contributed by atoms with E-state index in [1.165, 1.54) is 4.90 Å². The van der Waals surface area contributed by atoms with Crippen molar-refractivity contribution in [2.75, 3.05) is 39.2 Å². The van der Waals surface area contributed by atoms with Gasteiger partial charge >= 0.3 is 0 Å². The summed E-state index contributed by atoms with van der Waals surface area (Å²) >= 11 is 0.